The molecule has 0 saturated carbocycles. The molecule has 1 atom stereocenters. The molecule has 0 amide bonds. The van der Waals surface area contributed by atoms with Crippen LogP contribution in [0.15, 0.2) is 15.9 Å². The predicted molar refractivity (Wildman–Crippen MR) is 64.8 cm³/mol. The second-order valence-corrected chi connectivity index (χ2v) is 5.47. The van der Waals surface area contributed by atoms with Crippen molar-refractivity contribution in [2.24, 2.45) is 5.73 Å². The van der Waals surface area contributed by atoms with Gasteiger partial charge in [0.15, 0.2) is 0 Å². The lowest BCUT2D eigenvalue weighted by Gasteiger charge is -2.26. The number of thiophene rings is 1. The molecule has 1 unspecified atom stereocenters. The largest absolute Gasteiger partial charge is 0.383 e. The third kappa shape index (κ3) is 3.35. The molecule has 0 fully saturated rings. The normalized spacial score (nSPS) is 15.4. The minimum absolute atomic E-state index is 0.223. The fraction of sp³-hybridized carbons (Fsp3) is 0.600. The number of hydrogen-bond donors (Lipinski definition) is 1. The number of ether oxygens (including phenoxy) is 1. The van der Waals surface area contributed by atoms with E-state index in [0.717, 1.165) is 17.3 Å². The zero-order valence-electron chi connectivity index (χ0n) is 8.55. The summed E-state index contributed by atoms with van der Waals surface area (Å²) in [6.07, 6.45) is 1.81. The first-order chi connectivity index (χ1) is 6.59. The van der Waals surface area contributed by atoms with Crippen LogP contribution in [0, 0.1) is 0 Å². The molecule has 1 aromatic heterocycles. The van der Waals surface area contributed by atoms with Crippen molar-refractivity contribution in [3.05, 3.63) is 20.8 Å². The van der Waals surface area contributed by atoms with Gasteiger partial charge in [0, 0.05) is 33.8 Å². The van der Waals surface area contributed by atoms with Crippen LogP contribution in [0.3, 0.4) is 0 Å². The number of methoxy groups -OCH3 is 1. The zero-order chi connectivity index (χ0) is 10.6. The highest BCUT2D eigenvalue weighted by Gasteiger charge is 2.23. The van der Waals surface area contributed by atoms with Crippen molar-refractivity contribution in [1.82, 2.24) is 0 Å². The Morgan fingerprint density at radius 3 is 2.79 bits per heavy atom. The molecule has 2 N–H and O–H groups in total. The Labute approximate surface area is 97.6 Å². The summed E-state index contributed by atoms with van der Waals surface area (Å²) in [5.74, 6) is 0. The molecule has 0 saturated heterocycles. The summed E-state index contributed by atoms with van der Waals surface area (Å²) in [7, 11) is 1.70. The van der Waals surface area contributed by atoms with Crippen LogP contribution in [0.25, 0.3) is 0 Å². The molecule has 0 aliphatic heterocycles. The highest BCUT2D eigenvalue weighted by molar-refractivity contribution is 9.10. The van der Waals surface area contributed by atoms with Crippen molar-refractivity contribution in [3.8, 4) is 0 Å². The van der Waals surface area contributed by atoms with Crippen LogP contribution < -0.4 is 5.73 Å². The van der Waals surface area contributed by atoms with Gasteiger partial charge >= 0.3 is 0 Å². The SMILES string of the molecule is CCC(N)(COC)Cc1cc(Br)cs1. The van der Waals surface area contributed by atoms with E-state index in [9.17, 15) is 0 Å². The molecular weight excluding hydrogens is 262 g/mol. The van der Waals surface area contributed by atoms with Crippen LogP contribution in [-0.2, 0) is 11.2 Å². The van der Waals surface area contributed by atoms with Crippen molar-refractivity contribution in [1.29, 1.82) is 0 Å². The van der Waals surface area contributed by atoms with Gasteiger partial charge in [0.25, 0.3) is 0 Å². The zero-order valence-corrected chi connectivity index (χ0v) is 11.0. The fourth-order valence-corrected chi connectivity index (χ4v) is 2.97. The van der Waals surface area contributed by atoms with E-state index in [4.69, 9.17) is 10.5 Å². The third-order valence-corrected chi connectivity index (χ3v) is 3.98. The molecule has 0 bridgehead atoms. The maximum atomic E-state index is 6.22. The molecule has 0 spiro atoms. The van der Waals surface area contributed by atoms with E-state index >= 15 is 0 Å². The van der Waals surface area contributed by atoms with Gasteiger partial charge in [-0.2, -0.15) is 0 Å². The Balaban J connectivity index is 2.64. The monoisotopic (exact) mass is 277 g/mol. The van der Waals surface area contributed by atoms with E-state index in [0.29, 0.717) is 6.61 Å². The lowest BCUT2D eigenvalue weighted by atomic mass is 9.93. The van der Waals surface area contributed by atoms with Gasteiger partial charge in [-0.05, 0) is 28.4 Å². The average molecular weight is 278 g/mol. The number of rotatable bonds is 5. The van der Waals surface area contributed by atoms with Gasteiger partial charge in [-0.25, -0.2) is 0 Å². The predicted octanol–water partition coefficient (Wildman–Crippen LogP) is 2.81. The molecule has 1 aromatic rings. The second kappa shape index (κ2) is 5.26. The molecule has 4 heteroatoms. The van der Waals surface area contributed by atoms with Crippen LogP contribution in [0.5, 0.6) is 0 Å². The molecule has 0 aliphatic rings. The van der Waals surface area contributed by atoms with Crippen molar-refractivity contribution in [2.45, 2.75) is 25.3 Å². The summed E-state index contributed by atoms with van der Waals surface area (Å²) >= 11 is 5.17. The van der Waals surface area contributed by atoms with Crippen molar-refractivity contribution in [2.75, 3.05) is 13.7 Å². The number of hydrogen-bond acceptors (Lipinski definition) is 3. The van der Waals surface area contributed by atoms with Gasteiger partial charge < -0.3 is 10.5 Å². The first-order valence-electron chi connectivity index (χ1n) is 4.60. The minimum atomic E-state index is -0.223. The second-order valence-electron chi connectivity index (χ2n) is 3.56. The fourth-order valence-electron chi connectivity index (χ4n) is 1.36. The lowest BCUT2D eigenvalue weighted by molar-refractivity contribution is 0.130. The number of halogens is 1. The van der Waals surface area contributed by atoms with Crippen molar-refractivity contribution < 1.29 is 4.74 Å². The standard InChI is InChI=1S/C10H16BrNOS/c1-3-10(12,7-13-2)5-9-4-8(11)6-14-9/h4,6H,3,5,7,12H2,1-2H3. The van der Waals surface area contributed by atoms with E-state index in [1.165, 1.54) is 4.88 Å². The maximum Gasteiger partial charge on any atom is 0.0645 e. The van der Waals surface area contributed by atoms with Gasteiger partial charge in [-0.15, -0.1) is 11.3 Å². The molecule has 0 aliphatic carbocycles. The topological polar surface area (TPSA) is 35.2 Å². The molecule has 0 radical (unpaired) electrons. The Morgan fingerprint density at radius 2 is 2.36 bits per heavy atom. The Hall–Kier alpha value is 0.1000. The van der Waals surface area contributed by atoms with E-state index in [-0.39, 0.29) is 5.54 Å². The third-order valence-electron chi connectivity index (χ3n) is 2.28. The molecular formula is C10H16BrNOS. The number of nitrogens with two attached hydrogens (primary N) is 1. The highest BCUT2D eigenvalue weighted by Crippen LogP contribution is 2.24. The highest BCUT2D eigenvalue weighted by atomic mass is 79.9. The van der Waals surface area contributed by atoms with Gasteiger partial charge in [0.1, 0.15) is 0 Å². The Kier molecular flexibility index (Phi) is 4.57. The van der Waals surface area contributed by atoms with Crippen LogP contribution in [-0.4, -0.2) is 19.3 Å². The summed E-state index contributed by atoms with van der Waals surface area (Å²) in [6, 6.07) is 2.12. The van der Waals surface area contributed by atoms with Crippen molar-refractivity contribution >= 4 is 27.3 Å². The van der Waals surface area contributed by atoms with Crippen LogP contribution >= 0.6 is 27.3 Å². The van der Waals surface area contributed by atoms with Gasteiger partial charge in [-0.3, -0.25) is 0 Å². The van der Waals surface area contributed by atoms with Crippen LogP contribution in [0.2, 0.25) is 0 Å². The molecule has 0 aromatic carbocycles. The Morgan fingerprint density at radius 1 is 1.64 bits per heavy atom. The lowest BCUT2D eigenvalue weighted by Crippen LogP contribution is -2.45. The van der Waals surface area contributed by atoms with Gasteiger partial charge in [0.2, 0.25) is 0 Å². The average Bonchev–Trinajstić information content (AvgIpc) is 2.51. The molecule has 14 heavy (non-hydrogen) atoms. The first kappa shape index (κ1) is 12.2. The quantitative estimate of drug-likeness (QED) is 0.899. The summed E-state index contributed by atoms with van der Waals surface area (Å²) in [5.41, 5.74) is 5.99. The minimum Gasteiger partial charge on any atom is -0.383 e. The summed E-state index contributed by atoms with van der Waals surface area (Å²) in [5, 5.41) is 2.08. The Bertz CT molecular complexity index is 289. The van der Waals surface area contributed by atoms with Gasteiger partial charge in [0.05, 0.1) is 6.61 Å². The van der Waals surface area contributed by atoms with Gasteiger partial charge in [-0.1, -0.05) is 6.92 Å². The molecule has 1 rings (SSSR count). The van der Waals surface area contributed by atoms with E-state index < -0.39 is 0 Å². The van der Waals surface area contributed by atoms with E-state index in [1.54, 1.807) is 18.4 Å². The summed E-state index contributed by atoms with van der Waals surface area (Å²) in [6.45, 7) is 2.71. The van der Waals surface area contributed by atoms with Crippen LogP contribution in [0.4, 0.5) is 0 Å². The summed E-state index contributed by atoms with van der Waals surface area (Å²) < 4.78 is 6.28. The summed E-state index contributed by atoms with van der Waals surface area (Å²) in [4.78, 5) is 1.30. The molecule has 80 valence electrons. The van der Waals surface area contributed by atoms with Crippen molar-refractivity contribution in [3.63, 3.8) is 0 Å². The van der Waals surface area contributed by atoms with Crippen LogP contribution in [0.1, 0.15) is 18.2 Å². The maximum absolute atomic E-state index is 6.22. The van der Waals surface area contributed by atoms with E-state index in [1.807, 2.05) is 0 Å². The smallest absolute Gasteiger partial charge is 0.0645 e. The van der Waals surface area contributed by atoms with E-state index in [2.05, 4.69) is 34.3 Å². The molecule has 2 nitrogen and oxygen atoms in total. The first-order valence-corrected chi connectivity index (χ1v) is 6.27. The molecule has 1 heterocycles.